The molecule has 7 heteroatoms. The molecule has 5 saturated carbocycles. The number of rotatable bonds is 13. The van der Waals surface area contributed by atoms with Crippen molar-refractivity contribution in [1.29, 1.82) is 0 Å². The number of esters is 1. The summed E-state index contributed by atoms with van der Waals surface area (Å²) in [4.78, 5) is 13.2. The molecule has 0 unspecified atom stereocenters. The fraction of sp³-hybridized carbons (Fsp3) is 0.678. The van der Waals surface area contributed by atoms with Crippen LogP contribution in [0.4, 0.5) is 0 Å². The van der Waals surface area contributed by atoms with E-state index >= 15 is 0 Å². The summed E-state index contributed by atoms with van der Waals surface area (Å²) in [6.07, 6.45) is 10.5. The van der Waals surface area contributed by atoms with E-state index in [0.717, 1.165) is 41.4 Å². The van der Waals surface area contributed by atoms with E-state index in [0.29, 0.717) is 47.4 Å². The summed E-state index contributed by atoms with van der Waals surface area (Å²) in [5.41, 5.74) is 5.13. The Morgan fingerprint density at radius 3 is 1.77 bits per heavy atom. The molecule has 9 rings (SSSR count). The lowest BCUT2D eigenvalue weighted by Gasteiger charge is -2.75. The summed E-state index contributed by atoms with van der Waals surface area (Å²) in [6, 6.07) is 30.5. The summed E-state index contributed by atoms with van der Waals surface area (Å²) < 4.78 is 40.9. The van der Waals surface area contributed by atoms with Crippen LogP contribution >= 0.6 is 0 Å². The summed E-state index contributed by atoms with van der Waals surface area (Å²) in [7, 11) is 0. The molecular formula is C59H82O7. The van der Waals surface area contributed by atoms with E-state index in [-0.39, 0.29) is 29.5 Å². The van der Waals surface area contributed by atoms with Gasteiger partial charge in [0.15, 0.2) is 12.4 Å². The highest BCUT2D eigenvalue weighted by Crippen LogP contribution is 2.78. The molecule has 15 atom stereocenters. The van der Waals surface area contributed by atoms with Gasteiger partial charge in [0.25, 0.3) is 0 Å². The van der Waals surface area contributed by atoms with Gasteiger partial charge in [0.2, 0.25) is 0 Å². The van der Waals surface area contributed by atoms with E-state index in [1.807, 2.05) is 54.6 Å². The first kappa shape index (κ1) is 48.0. The van der Waals surface area contributed by atoms with Crippen molar-refractivity contribution in [2.45, 2.75) is 190 Å². The number of benzene rings is 3. The van der Waals surface area contributed by atoms with E-state index in [1.54, 1.807) is 0 Å². The van der Waals surface area contributed by atoms with Gasteiger partial charge in [-0.3, -0.25) is 4.79 Å². The van der Waals surface area contributed by atoms with Crippen molar-refractivity contribution >= 4 is 5.97 Å². The number of hydrogen-bond acceptors (Lipinski definition) is 7. The second-order valence-corrected chi connectivity index (χ2v) is 24.2. The molecule has 0 radical (unpaired) electrons. The van der Waals surface area contributed by atoms with Crippen LogP contribution in [0.5, 0.6) is 0 Å². The highest BCUT2D eigenvalue weighted by atomic mass is 16.7. The zero-order valence-electron chi connectivity index (χ0n) is 41.9. The predicted molar refractivity (Wildman–Crippen MR) is 260 cm³/mol. The van der Waals surface area contributed by atoms with Crippen LogP contribution in [-0.4, -0.2) is 49.4 Å². The van der Waals surface area contributed by atoms with Crippen molar-refractivity contribution in [3.63, 3.8) is 0 Å². The van der Waals surface area contributed by atoms with Gasteiger partial charge in [-0.15, -0.1) is 0 Å². The van der Waals surface area contributed by atoms with Gasteiger partial charge < -0.3 is 28.4 Å². The normalized spacial score (nSPS) is 41.7. The van der Waals surface area contributed by atoms with Crippen LogP contribution in [0.25, 0.3) is 0 Å². The molecule has 3 aromatic carbocycles. The molecule has 3 aromatic rings. The van der Waals surface area contributed by atoms with E-state index < -0.39 is 36.7 Å². The summed E-state index contributed by atoms with van der Waals surface area (Å²) in [6.45, 7) is 23.9. The smallest absolute Gasteiger partial charge is 0.303 e. The van der Waals surface area contributed by atoms with Crippen LogP contribution in [0.3, 0.4) is 0 Å². The van der Waals surface area contributed by atoms with Gasteiger partial charge in [-0.05, 0) is 143 Å². The quantitative estimate of drug-likeness (QED) is 0.125. The number of carbonyl (C=O) groups excluding carboxylic acids is 1. The van der Waals surface area contributed by atoms with Crippen molar-refractivity contribution in [2.24, 2.45) is 56.2 Å². The SMILES string of the molecule is CC(=O)O[C@H]1[C@H](O[C@H]2CC[C@@H]3[C@](C)(CC[C@H]4[C@@]3(C)CC[C@@]3(C)[C@@H]5CC(C)(C)CC[C@]5(C)CC[C@]43C)[C@H]2C)O[C@H](COCc2ccccc2)[C@@H](OCc2ccccc2)[C@@H]1OCc1ccccc1. The summed E-state index contributed by atoms with van der Waals surface area (Å²) >= 11 is 0. The molecule has 0 aromatic heterocycles. The molecule has 6 fully saturated rings. The van der Waals surface area contributed by atoms with Crippen molar-refractivity contribution in [2.75, 3.05) is 6.61 Å². The minimum Gasteiger partial charge on any atom is -0.454 e. The van der Waals surface area contributed by atoms with E-state index in [9.17, 15) is 4.79 Å². The molecule has 66 heavy (non-hydrogen) atoms. The average molecular weight is 903 g/mol. The molecule has 1 saturated heterocycles. The average Bonchev–Trinajstić information content (AvgIpc) is 3.30. The fourth-order valence-corrected chi connectivity index (χ4v) is 15.9. The summed E-state index contributed by atoms with van der Waals surface area (Å²) in [5, 5.41) is 0. The molecule has 5 aliphatic carbocycles. The number of hydrogen-bond donors (Lipinski definition) is 0. The molecule has 360 valence electrons. The van der Waals surface area contributed by atoms with Crippen LogP contribution in [0.2, 0.25) is 0 Å². The predicted octanol–water partition coefficient (Wildman–Crippen LogP) is 13.3. The van der Waals surface area contributed by atoms with Crippen molar-refractivity contribution in [3.8, 4) is 0 Å². The zero-order chi connectivity index (χ0) is 46.5. The number of ether oxygens (including phenoxy) is 6. The standard InChI is InChI=1S/C59H82O7/c1-40-45(25-26-47-56(40,6)28-27-48-57(47,7)32-34-59(9)49-35-54(3,4)29-30-55(49,5)31-33-58(48,59)8)65-53-52(64-41(2)60)51(63-38-44-23-17-12-18-24-44)50(62-37-43-21-15-11-16-22-43)46(66-53)39-61-36-42-19-13-10-14-20-42/h10-24,40,45-53H,25-39H2,1-9H3/t40-,45-,46+,47+,48-,49+,50+,51-,52+,53+,55+,56+,57-,58+,59-/m0/s1. The Morgan fingerprint density at radius 2 is 1.15 bits per heavy atom. The molecule has 0 N–H and O–H groups in total. The van der Waals surface area contributed by atoms with Crippen molar-refractivity contribution < 1.29 is 33.2 Å². The lowest BCUT2D eigenvalue weighted by molar-refractivity contribution is -0.339. The van der Waals surface area contributed by atoms with E-state index in [2.05, 4.69) is 91.8 Å². The molecular weight excluding hydrogens is 821 g/mol. The zero-order valence-corrected chi connectivity index (χ0v) is 41.9. The molecule has 6 aliphatic rings. The Morgan fingerprint density at radius 1 is 0.591 bits per heavy atom. The third-order valence-corrected chi connectivity index (χ3v) is 20.1. The summed E-state index contributed by atoms with van der Waals surface area (Å²) in [5.74, 6) is 2.01. The Balaban J connectivity index is 0.984. The lowest BCUT2D eigenvalue weighted by atomic mass is 9.30. The van der Waals surface area contributed by atoms with Gasteiger partial charge in [-0.25, -0.2) is 0 Å². The molecule has 1 heterocycles. The Kier molecular flexibility index (Phi) is 13.6. The first-order valence-electron chi connectivity index (χ1n) is 25.9. The maximum absolute atomic E-state index is 13.2. The van der Waals surface area contributed by atoms with Crippen LogP contribution < -0.4 is 0 Å². The number of carbonyl (C=O) groups is 1. The van der Waals surface area contributed by atoms with Crippen LogP contribution in [0.1, 0.15) is 150 Å². The third kappa shape index (κ3) is 8.89. The van der Waals surface area contributed by atoms with Crippen molar-refractivity contribution in [1.82, 2.24) is 0 Å². The molecule has 7 nitrogen and oxygen atoms in total. The fourth-order valence-electron chi connectivity index (χ4n) is 15.9. The molecule has 1 aliphatic heterocycles. The Hall–Kier alpha value is -3.07. The van der Waals surface area contributed by atoms with Gasteiger partial charge in [0, 0.05) is 6.92 Å². The highest BCUT2D eigenvalue weighted by molar-refractivity contribution is 5.66. The maximum Gasteiger partial charge on any atom is 0.303 e. The first-order valence-corrected chi connectivity index (χ1v) is 25.9. The van der Waals surface area contributed by atoms with Crippen LogP contribution in [-0.2, 0) is 53.0 Å². The van der Waals surface area contributed by atoms with Gasteiger partial charge in [-0.1, -0.05) is 146 Å². The van der Waals surface area contributed by atoms with E-state index in [1.165, 1.54) is 64.7 Å². The van der Waals surface area contributed by atoms with Gasteiger partial charge in [-0.2, -0.15) is 0 Å². The van der Waals surface area contributed by atoms with Crippen LogP contribution in [0, 0.1) is 56.2 Å². The maximum atomic E-state index is 13.2. The molecule has 0 bridgehead atoms. The second-order valence-electron chi connectivity index (χ2n) is 24.2. The largest absolute Gasteiger partial charge is 0.454 e. The lowest BCUT2D eigenvalue weighted by Crippen LogP contribution is -2.68. The van der Waals surface area contributed by atoms with E-state index in [4.69, 9.17) is 28.4 Å². The number of fused-ring (bicyclic) bond motifs is 7. The van der Waals surface area contributed by atoms with Crippen LogP contribution in [0.15, 0.2) is 91.0 Å². The van der Waals surface area contributed by atoms with Gasteiger partial charge >= 0.3 is 5.97 Å². The third-order valence-electron chi connectivity index (χ3n) is 20.1. The molecule has 0 spiro atoms. The minimum atomic E-state index is -0.873. The van der Waals surface area contributed by atoms with Gasteiger partial charge in [0.1, 0.15) is 18.3 Å². The minimum absolute atomic E-state index is 0.0822. The van der Waals surface area contributed by atoms with Gasteiger partial charge in [0.05, 0.1) is 32.5 Å². The monoisotopic (exact) mass is 903 g/mol. The highest BCUT2D eigenvalue weighted by Gasteiger charge is 2.71. The molecule has 0 amide bonds. The topological polar surface area (TPSA) is 72.5 Å². The second kappa shape index (κ2) is 18.7. The Labute approximate surface area is 397 Å². The Bertz CT molecular complexity index is 2090. The van der Waals surface area contributed by atoms with Crippen molar-refractivity contribution in [3.05, 3.63) is 108 Å². The first-order chi connectivity index (χ1) is 31.5.